The number of phenolic OH excluding ortho intramolecular Hbond substituents is 2. The molecule has 1 aromatic heterocycles. The van der Waals surface area contributed by atoms with Crippen molar-refractivity contribution in [1.29, 1.82) is 0 Å². The summed E-state index contributed by atoms with van der Waals surface area (Å²) in [6.45, 7) is 9.07. The van der Waals surface area contributed by atoms with Crippen LogP contribution in [0.5, 0.6) is 11.5 Å². The van der Waals surface area contributed by atoms with Gasteiger partial charge in [-0.2, -0.15) is 0 Å². The summed E-state index contributed by atoms with van der Waals surface area (Å²) in [5, 5.41) is 26.6. The van der Waals surface area contributed by atoms with Crippen molar-refractivity contribution < 1.29 is 34.1 Å². The molecule has 1 aliphatic rings. The topological polar surface area (TPSA) is 161 Å². The molecule has 0 fully saturated rings. The number of cyclic esters (lactones) is 1. The van der Waals surface area contributed by atoms with E-state index in [0.29, 0.717) is 17.4 Å². The number of allylic oxidation sites excluding steroid dienone is 2. The number of H-pyrrole nitrogens is 1. The van der Waals surface area contributed by atoms with Crippen LogP contribution in [0.1, 0.15) is 58.6 Å². The van der Waals surface area contributed by atoms with Gasteiger partial charge in [0, 0.05) is 41.9 Å². The molecular weight excluding hydrogens is 680 g/mol. The molecule has 3 amide bonds. The lowest BCUT2D eigenvalue weighted by atomic mass is 9.95. The second-order valence-electron chi connectivity index (χ2n) is 12.7. The molecule has 2 heterocycles. The number of hydrogen-bond donors (Lipinski definition) is 5. The number of para-hydroxylation sites is 1. The van der Waals surface area contributed by atoms with Crippen molar-refractivity contribution in [3.8, 4) is 11.5 Å². The first kappa shape index (κ1) is 36.3. The van der Waals surface area contributed by atoms with E-state index in [4.69, 9.17) is 4.74 Å². The number of aromatic nitrogens is 1. The number of ether oxygens (including phenoxy) is 1. The molecule has 0 saturated carbocycles. The minimum absolute atomic E-state index is 0.00628. The summed E-state index contributed by atoms with van der Waals surface area (Å²) in [6.07, 6.45) is 3.72. The number of amides is 3. The molecule has 48 heavy (non-hydrogen) atoms. The lowest BCUT2D eigenvalue weighted by Crippen LogP contribution is -2.54. The summed E-state index contributed by atoms with van der Waals surface area (Å²) < 4.78 is 6.32. The van der Waals surface area contributed by atoms with Crippen LogP contribution in [0.2, 0.25) is 0 Å². The number of nitrogens with one attached hydrogen (secondary N) is 3. The van der Waals surface area contributed by atoms with Crippen LogP contribution in [0.3, 0.4) is 0 Å². The molecule has 2 aromatic carbocycles. The van der Waals surface area contributed by atoms with Gasteiger partial charge in [0.15, 0.2) is 11.5 Å². The lowest BCUT2D eigenvalue weighted by Gasteiger charge is -2.30. The van der Waals surface area contributed by atoms with Crippen LogP contribution in [-0.2, 0) is 30.3 Å². The Bertz CT molecular complexity index is 1760. The zero-order chi connectivity index (χ0) is 35.3. The van der Waals surface area contributed by atoms with Gasteiger partial charge in [-0.05, 0) is 85.3 Å². The number of phenols is 2. The van der Waals surface area contributed by atoms with Gasteiger partial charge in [0.1, 0.15) is 12.1 Å². The summed E-state index contributed by atoms with van der Waals surface area (Å²) >= 11 is 3.57. The first-order chi connectivity index (χ1) is 22.6. The average molecular weight is 724 g/mol. The minimum atomic E-state index is -1.12. The predicted octanol–water partition coefficient (Wildman–Crippen LogP) is 5.32. The molecule has 0 saturated heterocycles. The summed E-state index contributed by atoms with van der Waals surface area (Å²) in [5.74, 6) is -3.37. The standard InChI is InChI=1S/C36H43BrN4O7/c1-19-13-20(2)15-22(4)48-32(44)18-28(24-11-12-30(42)31(43)16-24)40-35(46)29(17-26-25-9-7-8-10-27(25)39-33(26)37)41(6)36(47)23(5)38-34(45)21(3)14-19/h7-13,16,18,20-23,29,39,42-43H,14-15,17H2,1-6H3,(H,38,45)(H,40,46)/b19-13-,28-18-/t20-,21-,22-,23-,29+/m0/s1. The number of hydrogen-bond acceptors (Lipinski definition) is 7. The van der Waals surface area contributed by atoms with Crippen molar-refractivity contribution >= 4 is 56.2 Å². The van der Waals surface area contributed by atoms with Gasteiger partial charge in [-0.1, -0.05) is 43.7 Å². The molecule has 0 aliphatic carbocycles. The van der Waals surface area contributed by atoms with E-state index in [1.165, 1.54) is 30.1 Å². The fourth-order valence-electron chi connectivity index (χ4n) is 6.06. The molecule has 1 aliphatic heterocycles. The van der Waals surface area contributed by atoms with E-state index in [-0.39, 0.29) is 35.3 Å². The van der Waals surface area contributed by atoms with E-state index in [1.807, 2.05) is 44.2 Å². The Kier molecular flexibility index (Phi) is 11.7. The normalized spacial score (nSPS) is 26.2. The molecule has 12 heteroatoms. The van der Waals surface area contributed by atoms with Crippen LogP contribution >= 0.6 is 15.9 Å². The molecule has 256 valence electrons. The number of likely N-dealkylation sites (N-methyl/N-ethyl adjacent to an activating group) is 1. The van der Waals surface area contributed by atoms with Crippen LogP contribution < -0.4 is 10.6 Å². The second kappa shape index (κ2) is 15.5. The van der Waals surface area contributed by atoms with Gasteiger partial charge in [0.25, 0.3) is 0 Å². The van der Waals surface area contributed by atoms with Crippen LogP contribution in [0.4, 0.5) is 0 Å². The van der Waals surface area contributed by atoms with Gasteiger partial charge in [0.05, 0.1) is 16.4 Å². The number of benzene rings is 2. The molecule has 11 nitrogen and oxygen atoms in total. The van der Waals surface area contributed by atoms with Gasteiger partial charge >= 0.3 is 5.97 Å². The van der Waals surface area contributed by atoms with Crippen molar-refractivity contribution in [3.05, 3.63) is 75.9 Å². The molecule has 5 N–H and O–H groups in total. The number of aromatic amines is 1. The number of halogens is 1. The molecule has 3 aromatic rings. The Hall–Kier alpha value is -4.58. The highest BCUT2D eigenvalue weighted by molar-refractivity contribution is 9.10. The maximum atomic E-state index is 14.3. The fourth-order valence-corrected chi connectivity index (χ4v) is 6.65. The fraction of sp³-hybridized carbons (Fsp3) is 0.389. The van der Waals surface area contributed by atoms with Gasteiger partial charge in [0.2, 0.25) is 17.7 Å². The van der Waals surface area contributed by atoms with E-state index in [1.54, 1.807) is 20.8 Å². The van der Waals surface area contributed by atoms with E-state index in [2.05, 4.69) is 31.5 Å². The number of aromatic hydroxyl groups is 2. The van der Waals surface area contributed by atoms with E-state index in [0.717, 1.165) is 28.1 Å². The summed E-state index contributed by atoms with van der Waals surface area (Å²) in [6, 6.07) is 9.35. The molecule has 0 bridgehead atoms. The SMILES string of the molecule is C/C1=C/[C@H](C)C[C@H](C)OC(=O)/C=C(/c2ccc(O)c(O)c2)NC(=O)[C@@H](Cc2c(Br)[nH]c3ccccc23)N(C)C(=O)[C@H](C)NC(=O)[C@@H](C)C1. The van der Waals surface area contributed by atoms with Crippen LogP contribution in [0, 0.1) is 11.8 Å². The largest absolute Gasteiger partial charge is 0.504 e. The zero-order valence-electron chi connectivity index (χ0n) is 28.0. The Balaban J connectivity index is 1.80. The molecule has 5 atom stereocenters. The number of nitrogens with zero attached hydrogens (tertiary/aromatic N) is 1. The van der Waals surface area contributed by atoms with E-state index in [9.17, 15) is 29.4 Å². The van der Waals surface area contributed by atoms with E-state index < -0.39 is 47.6 Å². The monoisotopic (exact) mass is 722 g/mol. The van der Waals surface area contributed by atoms with Crippen LogP contribution in [0.25, 0.3) is 16.6 Å². The van der Waals surface area contributed by atoms with Crippen LogP contribution in [0.15, 0.2) is 64.8 Å². The average Bonchev–Trinajstić information content (AvgIpc) is 3.33. The van der Waals surface area contributed by atoms with Gasteiger partial charge in [-0.15, -0.1) is 0 Å². The maximum absolute atomic E-state index is 14.3. The van der Waals surface area contributed by atoms with Crippen LogP contribution in [-0.4, -0.2) is 69.0 Å². The van der Waals surface area contributed by atoms with Crippen molar-refractivity contribution in [3.63, 3.8) is 0 Å². The zero-order valence-corrected chi connectivity index (χ0v) is 29.6. The van der Waals surface area contributed by atoms with Crippen molar-refractivity contribution in [2.24, 2.45) is 11.8 Å². The smallest absolute Gasteiger partial charge is 0.333 e. The summed E-state index contributed by atoms with van der Waals surface area (Å²) in [4.78, 5) is 59.0. The third-order valence-electron chi connectivity index (χ3n) is 8.48. The highest BCUT2D eigenvalue weighted by Gasteiger charge is 2.33. The molecule has 0 spiro atoms. The second-order valence-corrected chi connectivity index (χ2v) is 13.5. The predicted molar refractivity (Wildman–Crippen MR) is 187 cm³/mol. The van der Waals surface area contributed by atoms with Crippen molar-refractivity contribution in [1.82, 2.24) is 20.5 Å². The number of esters is 1. The Morgan fingerprint density at radius 2 is 1.69 bits per heavy atom. The number of fused-ring (bicyclic) bond motifs is 1. The number of carbonyl (C=O) groups is 4. The van der Waals surface area contributed by atoms with Gasteiger partial charge in [-0.25, -0.2) is 4.79 Å². The van der Waals surface area contributed by atoms with Gasteiger partial charge < -0.3 is 35.5 Å². The summed E-state index contributed by atoms with van der Waals surface area (Å²) in [5.41, 5.74) is 2.78. The Morgan fingerprint density at radius 3 is 2.40 bits per heavy atom. The van der Waals surface area contributed by atoms with E-state index >= 15 is 0 Å². The Morgan fingerprint density at radius 1 is 0.979 bits per heavy atom. The minimum Gasteiger partial charge on any atom is -0.504 e. The maximum Gasteiger partial charge on any atom is 0.333 e. The quantitative estimate of drug-likeness (QED) is 0.139. The Labute approximate surface area is 288 Å². The third-order valence-corrected chi connectivity index (χ3v) is 9.16. The highest BCUT2D eigenvalue weighted by atomic mass is 79.9. The molecule has 0 radical (unpaired) electrons. The summed E-state index contributed by atoms with van der Waals surface area (Å²) in [7, 11) is 1.49. The van der Waals surface area contributed by atoms with Crippen molar-refractivity contribution in [2.45, 2.75) is 72.1 Å². The molecular formula is C36H43BrN4O7. The molecule has 0 unspecified atom stereocenters. The number of rotatable bonds is 3. The first-order valence-corrected chi connectivity index (χ1v) is 16.7. The third kappa shape index (κ3) is 8.85. The number of carbonyl (C=O) groups excluding carboxylic acids is 4. The van der Waals surface area contributed by atoms with Crippen molar-refractivity contribution in [2.75, 3.05) is 7.05 Å². The highest BCUT2D eigenvalue weighted by Crippen LogP contribution is 2.30. The lowest BCUT2D eigenvalue weighted by molar-refractivity contribution is -0.142. The van der Waals surface area contributed by atoms with Gasteiger partial charge in [-0.3, -0.25) is 14.4 Å². The molecule has 4 rings (SSSR count). The first-order valence-electron chi connectivity index (χ1n) is 15.9.